The monoisotopic (exact) mass is 417 g/mol. The molecule has 152 valence electrons. The third kappa shape index (κ3) is 4.52. The number of halogens is 1. The molecule has 0 spiro atoms. The fraction of sp³-hybridized carbons (Fsp3) is 0.316. The molecule has 2 aromatic rings. The molecule has 3 rings (SSSR count). The van der Waals surface area contributed by atoms with Gasteiger partial charge in [0.1, 0.15) is 22.6 Å². The van der Waals surface area contributed by atoms with Gasteiger partial charge in [-0.3, -0.25) is 4.79 Å². The van der Waals surface area contributed by atoms with Gasteiger partial charge in [-0.25, -0.2) is 17.8 Å². The van der Waals surface area contributed by atoms with Crippen molar-refractivity contribution in [3.63, 3.8) is 0 Å². The van der Waals surface area contributed by atoms with E-state index in [0.29, 0.717) is 37.6 Å². The highest BCUT2D eigenvalue weighted by Crippen LogP contribution is 2.19. The highest BCUT2D eigenvalue weighted by molar-refractivity contribution is 7.89. The number of nitrogens with zero attached hydrogens (tertiary/aromatic N) is 4. The van der Waals surface area contributed by atoms with Gasteiger partial charge in [0.15, 0.2) is 0 Å². The topological polar surface area (TPSA) is 106 Å². The van der Waals surface area contributed by atoms with Crippen LogP contribution in [0.1, 0.15) is 12.5 Å². The fourth-order valence-corrected chi connectivity index (χ4v) is 4.43. The quantitative estimate of drug-likeness (QED) is 0.781. The third-order valence-electron chi connectivity index (χ3n) is 4.63. The first-order chi connectivity index (χ1) is 13.8. The van der Waals surface area contributed by atoms with E-state index in [9.17, 15) is 22.9 Å². The number of benzene rings is 1. The molecule has 10 heteroatoms. The van der Waals surface area contributed by atoms with Crippen molar-refractivity contribution in [2.75, 3.05) is 31.1 Å². The van der Waals surface area contributed by atoms with Crippen molar-refractivity contribution in [1.29, 1.82) is 5.26 Å². The van der Waals surface area contributed by atoms with Gasteiger partial charge in [-0.05, 0) is 31.2 Å². The summed E-state index contributed by atoms with van der Waals surface area (Å²) in [6, 6.07) is 9.42. The molecule has 1 fully saturated rings. The van der Waals surface area contributed by atoms with E-state index >= 15 is 0 Å². The van der Waals surface area contributed by atoms with Crippen LogP contribution in [0.5, 0.6) is 0 Å². The minimum Gasteiger partial charge on any atom is -0.352 e. The van der Waals surface area contributed by atoms with E-state index in [0.717, 1.165) is 12.1 Å². The van der Waals surface area contributed by atoms with E-state index in [1.165, 1.54) is 19.1 Å². The van der Waals surface area contributed by atoms with E-state index in [2.05, 4.69) is 15.8 Å². The van der Waals surface area contributed by atoms with Crippen LogP contribution in [0.3, 0.4) is 0 Å². The van der Waals surface area contributed by atoms with Crippen LogP contribution < -0.4 is 9.62 Å². The molecule has 0 unspecified atom stereocenters. The van der Waals surface area contributed by atoms with Gasteiger partial charge >= 0.3 is 0 Å². The molecule has 1 aliphatic rings. The summed E-state index contributed by atoms with van der Waals surface area (Å²) in [4.78, 5) is 19.9. The number of anilines is 1. The molecule has 1 saturated heterocycles. The van der Waals surface area contributed by atoms with Crippen LogP contribution in [0.4, 0.5) is 10.2 Å². The first-order valence-electron chi connectivity index (χ1n) is 8.99. The Morgan fingerprint density at radius 2 is 1.90 bits per heavy atom. The lowest BCUT2D eigenvalue weighted by molar-refractivity contribution is -0.132. The minimum absolute atomic E-state index is 0.353. The van der Waals surface area contributed by atoms with Crippen LogP contribution in [0.15, 0.2) is 47.5 Å². The Bertz CT molecular complexity index is 1050. The molecular weight excluding hydrogens is 397 g/mol. The van der Waals surface area contributed by atoms with Crippen molar-refractivity contribution in [3.8, 4) is 6.07 Å². The summed E-state index contributed by atoms with van der Waals surface area (Å²) in [7, 11) is -4.17. The van der Waals surface area contributed by atoms with Gasteiger partial charge in [0.25, 0.3) is 0 Å². The number of rotatable bonds is 5. The predicted molar refractivity (Wildman–Crippen MR) is 104 cm³/mol. The number of piperazine rings is 1. The van der Waals surface area contributed by atoms with Crippen molar-refractivity contribution < 1.29 is 17.6 Å². The number of pyridine rings is 1. The standard InChI is InChI=1S/C19H20FN5O3S/c1-14(23-29(27,28)17-7-3-2-6-16(17)20)19(26)25-11-9-24(10-12-25)18-15(13-21)5-4-8-22-18/h2-8,14,23H,9-12H2,1H3/t14-/m0/s1. The van der Waals surface area contributed by atoms with Crippen molar-refractivity contribution in [2.24, 2.45) is 0 Å². The molecule has 1 aromatic carbocycles. The highest BCUT2D eigenvalue weighted by atomic mass is 32.2. The Morgan fingerprint density at radius 3 is 2.55 bits per heavy atom. The Balaban J connectivity index is 1.63. The van der Waals surface area contributed by atoms with Gasteiger partial charge in [-0.2, -0.15) is 9.98 Å². The normalized spacial score (nSPS) is 15.6. The van der Waals surface area contributed by atoms with Gasteiger partial charge in [-0.1, -0.05) is 12.1 Å². The molecule has 1 N–H and O–H groups in total. The molecule has 8 nitrogen and oxygen atoms in total. The maximum Gasteiger partial charge on any atom is 0.244 e. The number of nitrogens with one attached hydrogen (secondary N) is 1. The number of amides is 1. The van der Waals surface area contributed by atoms with Crippen molar-refractivity contribution in [3.05, 3.63) is 54.0 Å². The van der Waals surface area contributed by atoms with Gasteiger partial charge in [0.05, 0.1) is 11.6 Å². The number of aromatic nitrogens is 1. The smallest absolute Gasteiger partial charge is 0.244 e. The van der Waals surface area contributed by atoms with E-state index in [4.69, 9.17) is 0 Å². The molecule has 1 aromatic heterocycles. The summed E-state index contributed by atoms with van der Waals surface area (Å²) in [6.07, 6.45) is 1.60. The molecule has 1 amide bonds. The lowest BCUT2D eigenvalue weighted by atomic mass is 10.2. The SMILES string of the molecule is C[C@H](NS(=O)(=O)c1ccccc1F)C(=O)N1CCN(c2ncccc2C#N)CC1. The average molecular weight is 417 g/mol. The maximum absolute atomic E-state index is 13.8. The van der Waals surface area contributed by atoms with Crippen LogP contribution in [-0.2, 0) is 14.8 Å². The Hall–Kier alpha value is -3.03. The van der Waals surface area contributed by atoms with Crippen molar-refractivity contribution in [1.82, 2.24) is 14.6 Å². The number of carbonyl (C=O) groups excluding carboxylic acids is 1. The summed E-state index contributed by atoms with van der Waals surface area (Å²) in [5, 5.41) is 9.21. The van der Waals surface area contributed by atoms with Gasteiger partial charge in [0.2, 0.25) is 15.9 Å². The van der Waals surface area contributed by atoms with E-state index < -0.39 is 32.7 Å². The van der Waals surface area contributed by atoms with Crippen molar-refractivity contribution >= 4 is 21.7 Å². The van der Waals surface area contributed by atoms with E-state index in [1.54, 1.807) is 23.2 Å². The second-order valence-corrected chi connectivity index (χ2v) is 8.25. The molecule has 0 saturated carbocycles. The number of carbonyl (C=O) groups is 1. The zero-order valence-electron chi connectivity index (χ0n) is 15.7. The van der Waals surface area contributed by atoms with Crippen LogP contribution >= 0.6 is 0 Å². The number of hydrogen-bond donors (Lipinski definition) is 1. The van der Waals surface area contributed by atoms with Gasteiger partial charge < -0.3 is 9.80 Å². The summed E-state index contributed by atoms with van der Waals surface area (Å²) >= 11 is 0. The van der Waals surface area contributed by atoms with Crippen molar-refractivity contribution in [2.45, 2.75) is 17.9 Å². The molecule has 1 aliphatic heterocycles. The van der Waals surface area contributed by atoms with Crippen LogP contribution in [0.25, 0.3) is 0 Å². The molecule has 29 heavy (non-hydrogen) atoms. The summed E-state index contributed by atoms with van der Waals surface area (Å²) < 4.78 is 40.8. The third-order valence-corrected chi connectivity index (χ3v) is 6.20. The number of nitriles is 1. The van der Waals surface area contributed by atoms with Gasteiger partial charge in [-0.15, -0.1) is 0 Å². The zero-order chi connectivity index (χ0) is 21.0. The lowest BCUT2D eigenvalue weighted by Crippen LogP contribution is -2.54. The second kappa shape index (κ2) is 8.55. The van der Waals surface area contributed by atoms with Crippen LogP contribution in [-0.4, -0.2) is 56.4 Å². The largest absolute Gasteiger partial charge is 0.352 e. The number of sulfonamides is 1. The lowest BCUT2D eigenvalue weighted by Gasteiger charge is -2.36. The molecule has 2 heterocycles. The Labute approximate surface area is 168 Å². The average Bonchev–Trinajstić information content (AvgIpc) is 2.73. The molecule has 1 atom stereocenters. The van der Waals surface area contributed by atoms with E-state index in [-0.39, 0.29) is 0 Å². The maximum atomic E-state index is 13.8. The summed E-state index contributed by atoms with van der Waals surface area (Å²) in [6.45, 7) is 3.06. The van der Waals surface area contributed by atoms with E-state index in [1.807, 2.05) is 4.90 Å². The van der Waals surface area contributed by atoms with Gasteiger partial charge in [0, 0.05) is 32.4 Å². The minimum atomic E-state index is -4.17. The molecular formula is C19H20FN5O3S. The highest BCUT2D eigenvalue weighted by Gasteiger charge is 2.30. The first kappa shape index (κ1) is 20.7. The van der Waals surface area contributed by atoms with Crippen LogP contribution in [0.2, 0.25) is 0 Å². The Kier molecular flexibility index (Phi) is 6.10. The van der Waals surface area contributed by atoms with Crippen LogP contribution in [0, 0.1) is 17.1 Å². The first-order valence-corrected chi connectivity index (χ1v) is 10.5. The molecule has 0 radical (unpaired) electrons. The Morgan fingerprint density at radius 1 is 1.21 bits per heavy atom. The summed E-state index contributed by atoms with van der Waals surface area (Å²) in [5.41, 5.74) is 0.457. The molecule has 0 bridgehead atoms. The predicted octanol–water partition coefficient (Wildman–Crippen LogP) is 1.11. The summed E-state index contributed by atoms with van der Waals surface area (Å²) in [5.74, 6) is -0.710. The zero-order valence-corrected chi connectivity index (χ0v) is 16.6. The fourth-order valence-electron chi connectivity index (χ4n) is 3.16. The molecule has 0 aliphatic carbocycles. The second-order valence-electron chi connectivity index (χ2n) is 6.57. The number of hydrogen-bond acceptors (Lipinski definition) is 6.